The summed E-state index contributed by atoms with van der Waals surface area (Å²) in [5.41, 5.74) is 0.959. The van der Waals surface area contributed by atoms with Crippen LogP contribution in [-0.2, 0) is 21.2 Å². The number of sulfone groups is 1. The Balaban J connectivity index is 2.01. The molecule has 0 bridgehead atoms. The predicted molar refractivity (Wildman–Crippen MR) is 76.2 cm³/mol. The van der Waals surface area contributed by atoms with E-state index >= 15 is 0 Å². The smallest absolute Gasteiger partial charge is 0.226 e. The van der Waals surface area contributed by atoms with Gasteiger partial charge in [0.1, 0.15) is 5.75 Å². The summed E-state index contributed by atoms with van der Waals surface area (Å²) in [5.74, 6) is 0.348. The van der Waals surface area contributed by atoms with Crippen LogP contribution in [0, 0.1) is 5.92 Å². The number of carbonyl (C=O) groups is 1. The van der Waals surface area contributed by atoms with E-state index in [2.05, 4.69) is 0 Å². The molecule has 1 fully saturated rings. The number of methoxy groups -OCH3 is 1. The Labute approximate surface area is 119 Å². The minimum absolute atomic E-state index is 0.0196. The zero-order valence-corrected chi connectivity index (χ0v) is 12.5. The quantitative estimate of drug-likeness (QED) is 0.834. The summed E-state index contributed by atoms with van der Waals surface area (Å²) in [5, 5.41) is 0. The molecule has 1 aromatic carbocycles. The predicted octanol–water partition coefficient (Wildman–Crippen LogP) is 1.09. The maximum absolute atomic E-state index is 12.2. The lowest BCUT2D eigenvalue weighted by atomic mass is 10.1. The molecule has 5 nitrogen and oxygen atoms in total. The largest absolute Gasteiger partial charge is 0.497 e. The van der Waals surface area contributed by atoms with Crippen LogP contribution in [0.5, 0.6) is 5.75 Å². The van der Waals surface area contributed by atoms with E-state index in [1.165, 1.54) is 0 Å². The van der Waals surface area contributed by atoms with E-state index in [9.17, 15) is 13.2 Å². The summed E-state index contributed by atoms with van der Waals surface area (Å²) in [6.07, 6.45) is 0.434. The van der Waals surface area contributed by atoms with Crippen LogP contribution in [0.4, 0.5) is 0 Å². The van der Waals surface area contributed by atoms with Gasteiger partial charge in [0.25, 0.3) is 0 Å². The highest BCUT2D eigenvalue weighted by Crippen LogP contribution is 2.21. The highest BCUT2D eigenvalue weighted by molar-refractivity contribution is 7.91. The molecule has 110 valence electrons. The number of hydrogen-bond acceptors (Lipinski definition) is 4. The maximum atomic E-state index is 12.2. The summed E-state index contributed by atoms with van der Waals surface area (Å²) in [6.45, 7) is 0.451. The summed E-state index contributed by atoms with van der Waals surface area (Å²) in [6, 6.07) is 7.49. The van der Waals surface area contributed by atoms with Gasteiger partial charge in [-0.2, -0.15) is 0 Å². The zero-order chi connectivity index (χ0) is 14.8. The van der Waals surface area contributed by atoms with Crippen molar-refractivity contribution in [1.82, 2.24) is 4.90 Å². The van der Waals surface area contributed by atoms with Gasteiger partial charge in [-0.3, -0.25) is 4.79 Å². The molecule has 0 radical (unpaired) electrons. The first-order valence-corrected chi connectivity index (χ1v) is 8.32. The monoisotopic (exact) mass is 297 g/mol. The van der Waals surface area contributed by atoms with Crippen molar-refractivity contribution in [3.8, 4) is 5.75 Å². The fourth-order valence-corrected chi connectivity index (χ4v) is 4.16. The number of amides is 1. The molecule has 2 rings (SSSR count). The maximum Gasteiger partial charge on any atom is 0.226 e. The molecule has 1 saturated heterocycles. The second-order valence-corrected chi connectivity index (χ2v) is 7.37. The van der Waals surface area contributed by atoms with Gasteiger partial charge in [0.15, 0.2) is 9.84 Å². The van der Waals surface area contributed by atoms with E-state index in [-0.39, 0.29) is 17.4 Å². The molecular formula is C14H19NO4S. The summed E-state index contributed by atoms with van der Waals surface area (Å²) in [4.78, 5) is 13.8. The average Bonchev–Trinajstić information content (AvgIpc) is 2.78. The molecule has 0 spiro atoms. The highest BCUT2D eigenvalue weighted by atomic mass is 32.2. The Morgan fingerprint density at radius 2 is 2.20 bits per heavy atom. The number of benzene rings is 1. The van der Waals surface area contributed by atoms with Crippen LogP contribution in [0.3, 0.4) is 0 Å². The third-order valence-corrected chi connectivity index (χ3v) is 5.28. The average molecular weight is 297 g/mol. The summed E-state index contributed by atoms with van der Waals surface area (Å²) >= 11 is 0. The number of rotatable bonds is 4. The molecule has 1 aliphatic rings. The van der Waals surface area contributed by atoms with Crippen molar-refractivity contribution in [1.29, 1.82) is 0 Å². The molecule has 0 saturated carbocycles. The number of ether oxygens (including phenoxy) is 1. The number of carbonyl (C=O) groups excluding carboxylic acids is 1. The second-order valence-electron chi connectivity index (χ2n) is 5.15. The van der Waals surface area contributed by atoms with Gasteiger partial charge >= 0.3 is 0 Å². The Morgan fingerprint density at radius 1 is 1.45 bits per heavy atom. The van der Waals surface area contributed by atoms with E-state index in [1.807, 2.05) is 24.3 Å². The van der Waals surface area contributed by atoms with E-state index in [4.69, 9.17) is 4.74 Å². The van der Waals surface area contributed by atoms with Crippen molar-refractivity contribution >= 4 is 15.7 Å². The molecule has 0 unspecified atom stereocenters. The summed E-state index contributed by atoms with van der Waals surface area (Å²) in [7, 11) is 0.271. The first-order chi connectivity index (χ1) is 9.41. The fourth-order valence-electron chi connectivity index (χ4n) is 2.42. The third-order valence-electron chi connectivity index (χ3n) is 3.51. The standard InChI is InChI=1S/C14H19NO4S/c1-15(9-11-4-3-5-13(8-11)19-2)14(16)12-6-7-20(17,18)10-12/h3-5,8,12H,6-7,9-10H2,1-2H3/t12-/m0/s1. The Morgan fingerprint density at radius 3 is 2.80 bits per heavy atom. The van der Waals surface area contributed by atoms with E-state index in [0.717, 1.165) is 11.3 Å². The molecular weight excluding hydrogens is 278 g/mol. The lowest BCUT2D eigenvalue weighted by molar-refractivity contribution is -0.133. The van der Waals surface area contributed by atoms with E-state index in [0.29, 0.717) is 13.0 Å². The van der Waals surface area contributed by atoms with Crippen molar-refractivity contribution in [3.05, 3.63) is 29.8 Å². The van der Waals surface area contributed by atoms with Crippen molar-refractivity contribution in [2.45, 2.75) is 13.0 Å². The number of nitrogens with zero attached hydrogens (tertiary/aromatic N) is 1. The van der Waals surface area contributed by atoms with Gasteiger partial charge in [-0.15, -0.1) is 0 Å². The van der Waals surface area contributed by atoms with Crippen LogP contribution in [0.15, 0.2) is 24.3 Å². The van der Waals surface area contributed by atoms with Gasteiger partial charge in [0, 0.05) is 13.6 Å². The first-order valence-electron chi connectivity index (χ1n) is 6.49. The lowest BCUT2D eigenvalue weighted by Gasteiger charge is -2.20. The van der Waals surface area contributed by atoms with Crippen LogP contribution in [0.2, 0.25) is 0 Å². The van der Waals surface area contributed by atoms with Crippen molar-refractivity contribution in [2.75, 3.05) is 25.7 Å². The van der Waals surface area contributed by atoms with Crippen molar-refractivity contribution in [2.24, 2.45) is 5.92 Å². The fraction of sp³-hybridized carbons (Fsp3) is 0.500. The van der Waals surface area contributed by atoms with Gasteiger partial charge in [0.05, 0.1) is 24.5 Å². The third kappa shape index (κ3) is 3.50. The minimum Gasteiger partial charge on any atom is -0.497 e. The molecule has 1 heterocycles. The van der Waals surface area contributed by atoms with E-state index < -0.39 is 15.8 Å². The van der Waals surface area contributed by atoms with Crippen molar-refractivity contribution in [3.63, 3.8) is 0 Å². The Kier molecular flexibility index (Phi) is 4.32. The minimum atomic E-state index is -3.03. The Hall–Kier alpha value is -1.56. The van der Waals surface area contributed by atoms with Gasteiger partial charge in [0.2, 0.25) is 5.91 Å². The van der Waals surface area contributed by atoms with Crippen LogP contribution in [0.25, 0.3) is 0 Å². The van der Waals surface area contributed by atoms with Gasteiger partial charge < -0.3 is 9.64 Å². The SMILES string of the molecule is COc1cccc(CN(C)C(=O)[C@H]2CCS(=O)(=O)C2)c1. The molecule has 0 aliphatic carbocycles. The van der Waals surface area contributed by atoms with Gasteiger partial charge in [-0.05, 0) is 24.1 Å². The van der Waals surface area contributed by atoms with Crippen LogP contribution >= 0.6 is 0 Å². The van der Waals surface area contributed by atoms with Crippen LogP contribution in [0.1, 0.15) is 12.0 Å². The molecule has 1 amide bonds. The van der Waals surface area contributed by atoms with Crippen LogP contribution < -0.4 is 4.74 Å². The molecule has 0 aromatic heterocycles. The normalized spacial score (nSPS) is 20.6. The molecule has 1 aliphatic heterocycles. The molecule has 20 heavy (non-hydrogen) atoms. The molecule has 0 N–H and O–H groups in total. The number of hydrogen-bond donors (Lipinski definition) is 0. The zero-order valence-electron chi connectivity index (χ0n) is 11.7. The first kappa shape index (κ1) is 14.8. The lowest BCUT2D eigenvalue weighted by Crippen LogP contribution is -2.33. The Bertz CT molecular complexity index is 597. The topological polar surface area (TPSA) is 63.7 Å². The van der Waals surface area contributed by atoms with E-state index in [1.54, 1.807) is 19.1 Å². The molecule has 1 atom stereocenters. The summed E-state index contributed by atoms with van der Waals surface area (Å²) < 4.78 is 28.0. The van der Waals surface area contributed by atoms with Gasteiger partial charge in [-0.1, -0.05) is 12.1 Å². The van der Waals surface area contributed by atoms with Gasteiger partial charge in [-0.25, -0.2) is 8.42 Å². The highest BCUT2D eigenvalue weighted by Gasteiger charge is 2.34. The molecule has 1 aromatic rings. The second kappa shape index (κ2) is 5.83. The molecule has 6 heteroatoms. The van der Waals surface area contributed by atoms with Crippen molar-refractivity contribution < 1.29 is 17.9 Å². The van der Waals surface area contributed by atoms with Crippen LogP contribution in [-0.4, -0.2) is 44.9 Å².